The van der Waals surface area contributed by atoms with Crippen LogP contribution in [0.15, 0.2) is 29.3 Å². The van der Waals surface area contributed by atoms with E-state index in [1.165, 1.54) is 5.56 Å². The minimum absolute atomic E-state index is 0. The SMILES string of the molecule is CCNC(=NCCCCCOC)N(C)Cc1cccc(Cl)c1.I. The van der Waals surface area contributed by atoms with E-state index in [1.807, 2.05) is 25.2 Å². The molecule has 0 bridgehead atoms. The number of hydrogen-bond acceptors (Lipinski definition) is 2. The zero-order valence-electron chi connectivity index (χ0n) is 14.3. The Morgan fingerprint density at radius 1 is 1.30 bits per heavy atom. The van der Waals surface area contributed by atoms with Gasteiger partial charge in [-0.25, -0.2) is 0 Å². The molecule has 0 saturated heterocycles. The van der Waals surface area contributed by atoms with E-state index in [2.05, 4.69) is 28.2 Å². The lowest BCUT2D eigenvalue weighted by Crippen LogP contribution is -2.38. The van der Waals surface area contributed by atoms with Crippen molar-refractivity contribution < 1.29 is 4.74 Å². The highest BCUT2D eigenvalue weighted by molar-refractivity contribution is 14.0. The van der Waals surface area contributed by atoms with Crippen molar-refractivity contribution in [1.82, 2.24) is 10.2 Å². The van der Waals surface area contributed by atoms with Crippen LogP contribution in [0.2, 0.25) is 5.02 Å². The molecule has 0 radical (unpaired) electrons. The maximum Gasteiger partial charge on any atom is 0.193 e. The van der Waals surface area contributed by atoms with Gasteiger partial charge in [-0.15, -0.1) is 24.0 Å². The van der Waals surface area contributed by atoms with Crippen molar-refractivity contribution >= 4 is 41.5 Å². The molecule has 1 aromatic carbocycles. The fraction of sp³-hybridized carbons (Fsp3) is 0.588. The Morgan fingerprint density at radius 2 is 2.09 bits per heavy atom. The van der Waals surface area contributed by atoms with E-state index in [0.717, 1.165) is 56.5 Å². The first-order valence-electron chi connectivity index (χ1n) is 7.90. The van der Waals surface area contributed by atoms with Gasteiger partial charge in [0.05, 0.1) is 0 Å². The monoisotopic (exact) mass is 453 g/mol. The lowest BCUT2D eigenvalue weighted by Gasteiger charge is -2.22. The molecule has 23 heavy (non-hydrogen) atoms. The van der Waals surface area contributed by atoms with Gasteiger partial charge in [-0.05, 0) is 43.9 Å². The van der Waals surface area contributed by atoms with Crippen molar-refractivity contribution in [2.24, 2.45) is 4.99 Å². The third kappa shape index (κ3) is 10.0. The predicted molar refractivity (Wildman–Crippen MR) is 110 cm³/mol. The van der Waals surface area contributed by atoms with Gasteiger partial charge in [0.2, 0.25) is 0 Å². The second kappa shape index (κ2) is 13.9. The summed E-state index contributed by atoms with van der Waals surface area (Å²) in [5, 5.41) is 4.11. The van der Waals surface area contributed by atoms with Crippen LogP contribution in [-0.2, 0) is 11.3 Å². The molecular weight excluding hydrogens is 425 g/mol. The summed E-state index contributed by atoms with van der Waals surface area (Å²) in [6.45, 7) is 5.41. The Hall–Kier alpha value is -0.530. The number of hydrogen-bond donors (Lipinski definition) is 1. The number of benzene rings is 1. The fourth-order valence-corrected chi connectivity index (χ4v) is 2.39. The Labute approximate surface area is 162 Å². The molecule has 1 aromatic rings. The smallest absolute Gasteiger partial charge is 0.193 e. The van der Waals surface area contributed by atoms with Gasteiger partial charge in [-0.1, -0.05) is 23.7 Å². The van der Waals surface area contributed by atoms with Crippen LogP contribution in [-0.4, -0.2) is 44.7 Å². The van der Waals surface area contributed by atoms with Crippen molar-refractivity contribution in [2.75, 3.05) is 33.9 Å². The molecule has 0 heterocycles. The third-order valence-corrected chi connectivity index (χ3v) is 3.51. The molecule has 0 aromatic heterocycles. The molecule has 0 fully saturated rings. The molecule has 4 nitrogen and oxygen atoms in total. The van der Waals surface area contributed by atoms with Crippen LogP contribution in [0.3, 0.4) is 0 Å². The van der Waals surface area contributed by atoms with Crippen LogP contribution in [0.1, 0.15) is 31.7 Å². The number of guanidine groups is 1. The highest BCUT2D eigenvalue weighted by atomic mass is 127. The number of methoxy groups -OCH3 is 1. The standard InChI is InChI=1S/C17H28ClN3O.HI/c1-4-19-17(20-11-6-5-7-12-22-3)21(2)14-15-9-8-10-16(18)13-15;/h8-10,13H,4-7,11-12,14H2,1-3H3,(H,19,20);1H. The van der Waals surface area contributed by atoms with Crippen LogP contribution in [0.25, 0.3) is 0 Å². The minimum atomic E-state index is 0. The summed E-state index contributed by atoms with van der Waals surface area (Å²) in [6.07, 6.45) is 3.33. The lowest BCUT2D eigenvalue weighted by molar-refractivity contribution is 0.192. The molecule has 0 aliphatic rings. The van der Waals surface area contributed by atoms with Gasteiger partial charge >= 0.3 is 0 Å². The summed E-state index contributed by atoms with van der Waals surface area (Å²) >= 11 is 6.04. The van der Waals surface area contributed by atoms with Gasteiger partial charge in [0.25, 0.3) is 0 Å². The van der Waals surface area contributed by atoms with Gasteiger partial charge in [0.1, 0.15) is 0 Å². The van der Waals surface area contributed by atoms with Gasteiger partial charge in [-0.3, -0.25) is 4.99 Å². The Kier molecular flexibility index (Phi) is 13.5. The first kappa shape index (κ1) is 22.5. The highest BCUT2D eigenvalue weighted by Gasteiger charge is 2.06. The van der Waals surface area contributed by atoms with Crippen molar-refractivity contribution in [1.29, 1.82) is 0 Å². The summed E-state index contributed by atoms with van der Waals surface area (Å²) < 4.78 is 5.06. The van der Waals surface area contributed by atoms with Crippen LogP contribution in [0.4, 0.5) is 0 Å². The Morgan fingerprint density at radius 3 is 2.74 bits per heavy atom. The number of ether oxygens (including phenoxy) is 1. The van der Waals surface area contributed by atoms with Gasteiger partial charge in [0.15, 0.2) is 5.96 Å². The number of nitrogens with one attached hydrogen (secondary N) is 1. The van der Waals surface area contributed by atoms with Gasteiger partial charge < -0.3 is 15.0 Å². The summed E-state index contributed by atoms with van der Waals surface area (Å²) in [4.78, 5) is 6.82. The fourth-order valence-electron chi connectivity index (χ4n) is 2.17. The van der Waals surface area contributed by atoms with E-state index in [9.17, 15) is 0 Å². The number of nitrogens with zero attached hydrogens (tertiary/aromatic N) is 2. The zero-order chi connectivity index (χ0) is 16.2. The van der Waals surface area contributed by atoms with Crippen LogP contribution in [0.5, 0.6) is 0 Å². The first-order valence-corrected chi connectivity index (χ1v) is 8.28. The number of aliphatic imine (C=N–C) groups is 1. The molecule has 0 aliphatic carbocycles. The van der Waals surface area contributed by atoms with Crippen molar-refractivity contribution in [3.8, 4) is 0 Å². The maximum absolute atomic E-state index is 6.04. The lowest BCUT2D eigenvalue weighted by atomic mass is 10.2. The molecule has 1 rings (SSSR count). The molecule has 0 unspecified atom stereocenters. The largest absolute Gasteiger partial charge is 0.385 e. The summed E-state index contributed by atoms with van der Waals surface area (Å²) in [7, 11) is 3.79. The van der Waals surface area contributed by atoms with Crippen LogP contribution in [0, 0.1) is 0 Å². The molecular formula is C17H29ClIN3O. The molecule has 132 valence electrons. The maximum atomic E-state index is 6.04. The predicted octanol–water partition coefficient (Wildman–Crippen LogP) is 4.17. The third-order valence-electron chi connectivity index (χ3n) is 3.27. The Balaban J connectivity index is 0.00000484. The molecule has 0 atom stereocenters. The summed E-state index contributed by atoms with van der Waals surface area (Å²) in [5.41, 5.74) is 1.18. The first-order chi connectivity index (χ1) is 10.7. The zero-order valence-corrected chi connectivity index (χ0v) is 17.4. The van der Waals surface area contributed by atoms with E-state index < -0.39 is 0 Å². The van der Waals surface area contributed by atoms with Gasteiger partial charge in [0, 0.05) is 45.4 Å². The van der Waals surface area contributed by atoms with Crippen molar-refractivity contribution in [3.63, 3.8) is 0 Å². The van der Waals surface area contributed by atoms with E-state index in [0.29, 0.717) is 0 Å². The molecule has 0 aliphatic heterocycles. The van der Waals surface area contributed by atoms with E-state index in [4.69, 9.17) is 16.3 Å². The van der Waals surface area contributed by atoms with Crippen LogP contribution >= 0.6 is 35.6 Å². The molecule has 0 saturated carbocycles. The van der Waals surface area contributed by atoms with Crippen molar-refractivity contribution in [3.05, 3.63) is 34.9 Å². The van der Waals surface area contributed by atoms with E-state index in [-0.39, 0.29) is 24.0 Å². The average molecular weight is 454 g/mol. The Bertz CT molecular complexity index is 457. The highest BCUT2D eigenvalue weighted by Crippen LogP contribution is 2.12. The second-order valence-corrected chi connectivity index (χ2v) is 5.71. The topological polar surface area (TPSA) is 36.9 Å². The average Bonchev–Trinajstić information content (AvgIpc) is 2.49. The van der Waals surface area contributed by atoms with Gasteiger partial charge in [-0.2, -0.15) is 0 Å². The molecule has 0 spiro atoms. The van der Waals surface area contributed by atoms with Crippen molar-refractivity contribution in [2.45, 2.75) is 32.7 Å². The summed E-state index contributed by atoms with van der Waals surface area (Å²) in [6, 6.07) is 7.94. The quantitative estimate of drug-likeness (QED) is 0.264. The number of rotatable bonds is 9. The number of unbranched alkanes of at least 4 members (excludes halogenated alkanes) is 2. The molecule has 0 amide bonds. The minimum Gasteiger partial charge on any atom is -0.385 e. The van der Waals surface area contributed by atoms with E-state index in [1.54, 1.807) is 7.11 Å². The number of halogens is 2. The van der Waals surface area contributed by atoms with E-state index >= 15 is 0 Å². The van der Waals surface area contributed by atoms with Crippen LogP contribution < -0.4 is 5.32 Å². The second-order valence-electron chi connectivity index (χ2n) is 5.28. The normalized spacial score (nSPS) is 11.0. The summed E-state index contributed by atoms with van der Waals surface area (Å²) in [5.74, 6) is 0.939. The molecule has 6 heteroatoms. The molecule has 1 N–H and O–H groups in total.